The second-order valence-corrected chi connectivity index (χ2v) is 6.94. The van der Waals surface area contributed by atoms with Gasteiger partial charge in [0.15, 0.2) is 0 Å². The molecule has 1 saturated heterocycles. The zero-order chi connectivity index (χ0) is 14.7. The van der Waals surface area contributed by atoms with E-state index in [1.54, 1.807) is 0 Å². The van der Waals surface area contributed by atoms with E-state index in [2.05, 4.69) is 21.9 Å². The average molecular weight is 308 g/mol. The third-order valence-electron chi connectivity index (χ3n) is 4.91. The van der Waals surface area contributed by atoms with Gasteiger partial charge in [-0.25, -0.2) is 0 Å². The van der Waals surface area contributed by atoms with Gasteiger partial charge < -0.3 is 10.6 Å². The molecule has 1 aliphatic carbocycles. The lowest BCUT2D eigenvalue weighted by atomic mass is 9.86. The molecule has 3 rings (SSSR count). The maximum atomic E-state index is 6.30. The van der Waals surface area contributed by atoms with Gasteiger partial charge >= 0.3 is 0 Å². The van der Waals surface area contributed by atoms with Crippen LogP contribution in [0, 0.1) is 5.92 Å². The van der Waals surface area contributed by atoms with Crippen LogP contribution in [0.2, 0.25) is 5.02 Å². The summed E-state index contributed by atoms with van der Waals surface area (Å²) in [6.07, 6.45) is 5.10. The highest BCUT2D eigenvalue weighted by Gasteiger charge is 2.24. The highest BCUT2D eigenvalue weighted by atomic mass is 35.5. The molecule has 0 radical (unpaired) electrons. The van der Waals surface area contributed by atoms with E-state index >= 15 is 0 Å². The van der Waals surface area contributed by atoms with Crippen LogP contribution in [0.3, 0.4) is 0 Å². The first-order chi connectivity index (χ1) is 10.2. The van der Waals surface area contributed by atoms with Gasteiger partial charge in [0.2, 0.25) is 0 Å². The summed E-state index contributed by atoms with van der Waals surface area (Å²) in [5.41, 5.74) is 7.28. The van der Waals surface area contributed by atoms with Gasteiger partial charge in [-0.05, 0) is 37.3 Å². The molecule has 2 aliphatic rings. The Balaban J connectivity index is 1.50. The van der Waals surface area contributed by atoms with Crippen LogP contribution in [0.5, 0.6) is 0 Å². The Morgan fingerprint density at radius 1 is 1.10 bits per heavy atom. The number of hydrogen-bond donors (Lipinski definition) is 1. The Hall–Kier alpha value is -0.770. The molecule has 2 unspecified atom stereocenters. The summed E-state index contributed by atoms with van der Waals surface area (Å²) in [6, 6.07) is 8.60. The standard InChI is InChI=1S/C17H26ClN3/c18-16-6-1-2-7-17(16)21-10-8-20(9-11-21)13-14-4-3-5-15(19)12-14/h1-2,6-7,14-15H,3-5,8-13,19H2. The van der Waals surface area contributed by atoms with Crippen molar-refractivity contribution in [3.63, 3.8) is 0 Å². The molecule has 4 heteroatoms. The van der Waals surface area contributed by atoms with E-state index in [1.807, 2.05) is 12.1 Å². The average Bonchev–Trinajstić information content (AvgIpc) is 2.49. The molecule has 1 heterocycles. The molecule has 0 bridgehead atoms. The number of nitrogens with two attached hydrogens (primary N) is 1. The minimum atomic E-state index is 0.438. The van der Waals surface area contributed by atoms with E-state index in [9.17, 15) is 0 Å². The highest BCUT2D eigenvalue weighted by molar-refractivity contribution is 6.33. The molecule has 0 amide bonds. The molecule has 21 heavy (non-hydrogen) atoms. The fraction of sp³-hybridized carbons (Fsp3) is 0.647. The van der Waals surface area contributed by atoms with Gasteiger partial charge in [-0.1, -0.05) is 30.2 Å². The fourth-order valence-corrected chi connectivity index (χ4v) is 4.00. The van der Waals surface area contributed by atoms with Gasteiger partial charge in [-0.3, -0.25) is 4.90 Å². The van der Waals surface area contributed by atoms with Gasteiger partial charge in [0.25, 0.3) is 0 Å². The maximum Gasteiger partial charge on any atom is 0.0639 e. The molecule has 0 aromatic heterocycles. The molecule has 1 aromatic carbocycles. The molecule has 0 spiro atoms. The highest BCUT2D eigenvalue weighted by Crippen LogP contribution is 2.27. The molecule has 2 N–H and O–H groups in total. The first-order valence-electron chi connectivity index (χ1n) is 8.20. The third kappa shape index (κ3) is 3.91. The quantitative estimate of drug-likeness (QED) is 0.932. The summed E-state index contributed by atoms with van der Waals surface area (Å²) in [4.78, 5) is 5.02. The second-order valence-electron chi connectivity index (χ2n) is 6.53. The van der Waals surface area contributed by atoms with Gasteiger partial charge in [0, 0.05) is 38.8 Å². The molecule has 1 aliphatic heterocycles. The number of piperazine rings is 1. The number of anilines is 1. The number of halogens is 1. The normalized spacial score (nSPS) is 27.8. The fourth-order valence-electron chi connectivity index (χ4n) is 3.74. The van der Waals surface area contributed by atoms with Crippen molar-refractivity contribution in [1.82, 2.24) is 4.90 Å². The molecule has 2 fully saturated rings. The van der Waals surface area contributed by atoms with Crippen LogP contribution in [0.15, 0.2) is 24.3 Å². The van der Waals surface area contributed by atoms with E-state index < -0.39 is 0 Å². The number of para-hydroxylation sites is 1. The van der Waals surface area contributed by atoms with E-state index in [-0.39, 0.29) is 0 Å². The first-order valence-corrected chi connectivity index (χ1v) is 8.57. The number of rotatable bonds is 3. The maximum absolute atomic E-state index is 6.30. The van der Waals surface area contributed by atoms with Crippen molar-refractivity contribution in [1.29, 1.82) is 0 Å². The summed E-state index contributed by atoms with van der Waals surface area (Å²) < 4.78 is 0. The van der Waals surface area contributed by atoms with Crippen LogP contribution in [-0.2, 0) is 0 Å². The van der Waals surface area contributed by atoms with Gasteiger partial charge in [0.05, 0.1) is 10.7 Å². The number of benzene rings is 1. The van der Waals surface area contributed by atoms with Gasteiger partial charge in [0.1, 0.15) is 0 Å². The summed E-state index contributed by atoms with van der Waals surface area (Å²) in [6.45, 7) is 5.64. The lowest BCUT2D eigenvalue weighted by Crippen LogP contribution is -2.48. The SMILES string of the molecule is NC1CCCC(CN2CCN(c3ccccc3Cl)CC2)C1. The van der Waals surface area contributed by atoms with Crippen molar-refractivity contribution in [2.75, 3.05) is 37.6 Å². The van der Waals surface area contributed by atoms with Crippen LogP contribution in [0.4, 0.5) is 5.69 Å². The first kappa shape index (κ1) is 15.1. The van der Waals surface area contributed by atoms with Crippen LogP contribution < -0.4 is 10.6 Å². The van der Waals surface area contributed by atoms with Crippen molar-refractivity contribution >= 4 is 17.3 Å². The zero-order valence-electron chi connectivity index (χ0n) is 12.7. The van der Waals surface area contributed by atoms with Crippen molar-refractivity contribution < 1.29 is 0 Å². The molecule has 3 nitrogen and oxygen atoms in total. The minimum absolute atomic E-state index is 0.438. The summed E-state index contributed by atoms with van der Waals surface area (Å²) in [7, 11) is 0. The van der Waals surface area contributed by atoms with E-state index in [1.165, 1.54) is 37.9 Å². The monoisotopic (exact) mass is 307 g/mol. The molecular formula is C17H26ClN3. The zero-order valence-corrected chi connectivity index (χ0v) is 13.4. The topological polar surface area (TPSA) is 32.5 Å². The Bertz CT molecular complexity index is 457. The van der Waals surface area contributed by atoms with Crippen molar-refractivity contribution in [2.24, 2.45) is 11.7 Å². The van der Waals surface area contributed by atoms with Crippen molar-refractivity contribution in [2.45, 2.75) is 31.7 Å². The Morgan fingerprint density at radius 3 is 2.57 bits per heavy atom. The lowest BCUT2D eigenvalue weighted by molar-refractivity contribution is 0.184. The van der Waals surface area contributed by atoms with Gasteiger partial charge in [-0.15, -0.1) is 0 Å². The molecule has 2 atom stereocenters. The Morgan fingerprint density at radius 2 is 1.86 bits per heavy atom. The van der Waals surface area contributed by atoms with Crippen LogP contribution in [-0.4, -0.2) is 43.7 Å². The van der Waals surface area contributed by atoms with E-state index in [0.717, 1.165) is 37.1 Å². The van der Waals surface area contributed by atoms with E-state index in [4.69, 9.17) is 17.3 Å². The van der Waals surface area contributed by atoms with Crippen LogP contribution >= 0.6 is 11.6 Å². The predicted molar refractivity (Wildman–Crippen MR) is 90.0 cm³/mol. The summed E-state index contributed by atoms with van der Waals surface area (Å²) in [5, 5.41) is 0.865. The predicted octanol–water partition coefficient (Wildman–Crippen LogP) is 2.98. The molecule has 116 valence electrons. The summed E-state index contributed by atoms with van der Waals surface area (Å²) in [5.74, 6) is 0.806. The van der Waals surface area contributed by atoms with Gasteiger partial charge in [-0.2, -0.15) is 0 Å². The Labute approximate surface area is 133 Å². The molecule has 1 saturated carbocycles. The lowest BCUT2D eigenvalue weighted by Gasteiger charge is -2.39. The van der Waals surface area contributed by atoms with Crippen molar-refractivity contribution in [3.8, 4) is 0 Å². The largest absolute Gasteiger partial charge is 0.368 e. The summed E-state index contributed by atoms with van der Waals surface area (Å²) >= 11 is 6.30. The van der Waals surface area contributed by atoms with Crippen LogP contribution in [0.25, 0.3) is 0 Å². The second kappa shape index (κ2) is 6.99. The molecular weight excluding hydrogens is 282 g/mol. The number of nitrogens with zero attached hydrogens (tertiary/aromatic N) is 2. The van der Waals surface area contributed by atoms with Crippen molar-refractivity contribution in [3.05, 3.63) is 29.3 Å². The number of hydrogen-bond acceptors (Lipinski definition) is 3. The van der Waals surface area contributed by atoms with E-state index in [0.29, 0.717) is 6.04 Å². The Kier molecular flexibility index (Phi) is 5.04. The minimum Gasteiger partial charge on any atom is -0.368 e. The third-order valence-corrected chi connectivity index (χ3v) is 5.22. The molecule has 1 aromatic rings. The van der Waals surface area contributed by atoms with Crippen LogP contribution in [0.1, 0.15) is 25.7 Å². The smallest absolute Gasteiger partial charge is 0.0639 e.